The summed E-state index contributed by atoms with van der Waals surface area (Å²) in [6.45, 7) is 3.28. The van der Waals surface area contributed by atoms with Crippen molar-refractivity contribution in [2.24, 2.45) is 7.05 Å². The van der Waals surface area contributed by atoms with Crippen LogP contribution < -0.4 is 21.5 Å². The number of ether oxygens (including phenoxy) is 1. The Morgan fingerprint density at radius 3 is 2.52 bits per heavy atom. The van der Waals surface area contributed by atoms with Gasteiger partial charge >= 0.3 is 17.8 Å². The molecule has 0 aromatic carbocycles. The number of hydrogen-bond acceptors (Lipinski definition) is 7. The third-order valence-electron chi connectivity index (χ3n) is 4.80. The Kier molecular flexibility index (Phi) is 6.40. The molecule has 0 radical (unpaired) electrons. The van der Waals surface area contributed by atoms with Crippen molar-refractivity contribution in [1.29, 1.82) is 0 Å². The molecule has 0 unspecified atom stereocenters. The minimum absolute atomic E-state index is 0.00240. The number of halogens is 3. The number of nitrogens with one attached hydrogen (secondary N) is 1. The molecular weight excluding hydrogens is 421 g/mol. The second kappa shape index (κ2) is 8.84. The molecule has 0 amide bonds. The Hall–Kier alpha value is -3.27. The highest BCUT2D eigenvalue weighted by Gasteiger charge is 2.40. The topological polar surface area (TPSA) is 103 Å². The molecule has 2 aromatic rings. The lowest BCUT2D eigenvalue weighted by molar-refractivity contribution is -0.199. The van der Waals surface area contributed by atoms with Gasteiger partial charge in [0, 0.05) is 33.2 Å². The maximum absolute atomic E-state index is 12.9. The van der Waals surface area contributed by atoms with Crippen molar-refractivity contribution < 1.29 is 22.7 Å². The fourth-order valence-corrected chi connectivity index (χ4v) is 3.27. The van der Waals surface area contributed by atoms with Gasteiger partial charge in [-0.2, -0.15) is 18.2 Å². The van der Waals surface area contributed by atoms with Crippen molar-refractivity contribution in [3.05, 3.63) is 20.8 Å². The van der Waals surface area contributed by atoms with Gasteiger partial charge in [-0.3, -0.25) is 18.5 Å². The molecule has 0 spiro atoms. The van der Waals surface area contributed by atoms with Crippen LogP contribution in [-0.4, -0.2) is 63.6 Å². The number of imidazole rings is 1. The van der Waals surface area contributed by atoms with Crippen molar-refractivity contribution >= 4 is 23.1 Å². The lowest BCUT2D eigenvalue weighted by Gasteiger charge is -2.28. The van der Waals surface area contributed by atoms with E-state index >= 15 is 0 Å². The highest BCUT2D eigenvalue weighted by Crippen LogP contribution is 2.21. The zero-order chi connectivity index (χ0) is 22.8. The quantitative estimate of drug-likeness (QED) is 0.489. The second-order valence-electron chi connectivity index (χ2n) is 6.77. The van der Waals surface area contributed by atoms with Gasteiger partial charge in [0.25, 0.3) is 5.56 Å². The number of carbonyl (C=O) groups is 1. The Bertz CT molecular complexity index is 1160. The van der Waals surface area contributed by atoms with Gasteiger partial charge in [-0.05, 0) is 6.92 Å². The van der Waals surface area contributed by atoms with Gasteiger partial charge in [-0.15, -0.1) is 5.92 Å². The van der Waals surface area contributed by atoms with Crippen molar-refractivity contribution in [3.8, 4) is 11.8 Å². The van der Waals surface area contributed by atoms with Gasteiger partial charge in [0.2, 0.25) is 5.95 Å². The zero-order valence-electron chi connectivity index (χ0n) is 17.0. The number of piperazine rings is 1. The van der Waals surface area contributed by atoms with Crippen LogP contribution in [-0.2, 0) is 29.7 Å². The van der Waals surface area contributed by atoms with Crippen molar-refractivity contribution in [2.45, 2.75) is 26.2 Å². The van der Waals surface area contributed by atoms with Crippen molar-refractivity contribution in [1.82, 2.24) is 24.0 Å². The Morgan fingerprint density at radius 2 is 1.90 bits per heavy atom. The number of carbonyl (C=O) groups excluding carboxylic acids is 1. The van der Waals surface area contributed by atoms with Crippen LogP contribution >= 0.6 is 0 Å². The molecule has 0 bridgehead atoms. The van der Waals surface area contributed by atoms with E-state index in [2.05, 4.69) is 26.9 Å². The van der Waals surface area contributed by atoms with E-state index in [-0.39, 0.29) is 17.7 Å². The fraction of sp³-hybridized carbons (Fsp3) is 0.556. The summed E-state index contributed by atoms with van der Waals surface area (Å²) >= 11 is 0. The first-order valence-electron chi connectivity index (χ1n) is 9.46. The Morgan fingerprint density at radius 1 is 1.23 bits per heavy atom. The summed E-state index contributed by atoms with van der Waals surface area (Å²) < 4.78 is 44.8. The minimum atomic E-state index is -5.14. The average molecular weight is 442 g/mol. The molecule has 3 rings (SSSR count). The summed E-state index contributed by atoms with van der Waals surface area (Å²) in [7, 11) is 1.26. The van der Waals surface area contributed by atoms with Gasteiger partial charge in [0.1, 0.15) is 6.61 Å². The van der Waals surface area contributed by atoms with Crippen LogP contribution in [0.1, 0.15) is 6.92 Å². The number of anilines is 1. The smallest absolute Gasteiger partial charge is 0.457 e. The first kappa shape index (κ1) is 22.4. The molecule has 0 aliphatic carbocycles. The normalized spacial score (nSPS) is 14.4. The summed E-state index contributed by atoms with van der Waals surface area (Å²) in [6, 6.07) is 0. The van der Waals surface area contributed by atoms with Crippen molar-refractivity contribution in [3.63, 3.8) is 0 Å². The number of aromatic nitrogens is 4. The minimum Gasteiger partial charge on any atom is -0.457 e. The predicted molar refractivity (Wildman–Crippen MR) is 105 cm³/mol. The van der Waals surface area contributed by atoms with Crippen LogP contribution in [0.3, 0.4) is 0 Å². The van der Waals surface area contributed by atoms with E-state index in [4.69, 9.17) is 0 Å². The Balaban J connectivity index is 2.10. The fourth-order valence-electron chi connectivity index (χ4n) is 3.27. The molecule has 31 heavy (non-hydrogen) atoms. The van der Waals surface area contributed by atoms with E-state index in [1.54, 1.807) is 11.5 Å². The summed E-state index contributed by atoms with van der Waals surface area (Å²) in [5, 5.41) is 3.20. The van der Waals surface area contributed by atoms with E-state index in [9.17, 15) is 27.6 Å². The average Bonchev–Trinajstić information content (AvgIpc) is 3.12. The maximum atomic E-state index is 12.9. The maximum Gasteiger partial charge on any atom is 0.490 e. The van der Waals surface area contributed by atoms with E-state index in [1.165, 1.54) is 7.05 Å². The van der Waals surface area contributed by atoms with Gasteiger partial charge in [0.15, 0.2) is 11.2 Å². The molecule has 1 N–H and O–H groups in total. The van der Waals surface area contributed by atoms with Crippen LogP contribution in [0.5, 0.6) is 0 Å². The summed E-state index contributed by atoms with van der Waals surface area (Å²) in [4.78, 5) is 42.9. The van der Waals surface area contributed by atoms with Gasteiger partial charge in [0.05, 0.1) is 13.1 Å². The third kappa shape index (κ3) is 4.43. The first-order chi connectivity index (χ1) is 14.7. The molecular formula is C18H21F3N6O4. The Labute approximate surface area is 174 Å². The molecule has 10 nitrogen and oxygen atoms in total. The SMILES string of the molecule is CC#CCn1c(N2CCNCC2)nc2c1c(=O)n(C)c(=O)n2CCOC(=O)C(F)(F)F. The zero-order valence-corrected chi connectivity index (χ0v) is 17.0. The molecule has 1 saturated heterocycles. The number of fused-ring (bicyclic) bond motifs is 1. The van der Waals surface area contributed by atoms with Crippen LogP contribution in [0.2, 0.25) is 0 Å². The number of alkyl halides is 3. The van der Waals surface area contributed by atoms with Crippen LogP contribution in [0, 0.1) is 11.8 Å². The molecule has 1 fully saturated rings. The molecule has 1 aliphatic heterocycles. The first-order valence-corrected chi connectivity index (χ1v) is 9.46. The lowest BCUT2D eigenvalue weighted by Crippen LogP contribution is -2.44. The van der Waals surface area contributed by atoms with Crippen LogP contribution in [0.4, 0.5) is 19.1 Å². The van der Waals surface area contributed by atoms with Gasteiger partial charge in [-0.25, -0.2) is 9.59 Å². The highest BCUT2D eigenvalue weighted by atomic mass is 19.4. The largest absolute Gasteiger partial charge is 0.490 e. The van der Waals surface area contributed by atoms with Gasteiger partial charge < -0.3 is 15.0 Å². The lowest BCUT2D eigenvalue weighted by atomic mass is 10.4. The molecule has 1 aliphatic rings. The number of hydrogen-bond donors (Lipinski definition) is 1. The predicted octanol–water partition coefficient (Wildman–Crippen LogP) is -0.565. The number of esters is 1. The third-order valence-corrected chi connectivity index (χ3v) is 4.80. The van der Waals surface area contributed by atoms with E-state index in [1.807, 2.05) is 4.90 Å². The summed E-state index contributed by atoms with van der Waals surface area (Å²) in [5.74, 6) is 3.71. The molecule has 0 saturated carbocycles. The molecule has 0 atom stereocenters. The second-order valence-corrected chi connectivity index (χ2v) is 6.77. The van der Waals surface area contributed by atoms with E-state index in [0.29, 0.717) is 32.1 Å². The molecule has 168 valence electrons. The van der Waals surface area contributed by atoms with Crippen LogP contribution in [0.15, 0.2) is 9.59 Å². The summed E-state index contributed by atoms with van der Waals surface area (Å²) in [5.41, 5.74) is -1.28. The van der Waals surface area contributed by atoms with Crippen LogP contribution in [0.25, 0.3) is 11.2 Å². The monoisotopic (exact) mass is 442 g/mol. The van der Waals surface area contributed by atoms with E-state index in [0.717, 1.165) is 9.13 Å². The highest BCUT2D eigenvalue weighted by molar-refractivity contribution is 5.76. The summed E-state index contributed by atoms with van der Waals surface area (Å²) in [6.07, 6.45) is -5.14. The molecule has 3 heterocycles. The van der Waals surface area contributed by atoms with Gasteiger partial charge in [-0.1, -0.05) is 5.92 Å². The number of rotatable bonds is 5. The molecule has 13 heteroatoms. The molecule has 2 aromatic heterocycles. The standard InChI is InChI=1S/C18H21F3N6O4/c1-3-4-7-26-12-13(23-16(26)25-8-5-22-6-9-25)27(17(30)24(2)14(12)28)10-11-31-15(29)18(19,20)21/h22H,5-11H2,1-2H3. The van der Waals surface area contributed by atoms with E-state index < -0.39 is 36.5 Å². The number of nitrogens with zero attached hydrogens (tertiary/aromatic N) is 5. The van der Waals surface area contributed by atoms with Crippen molar-refractivity contribution in [2.75, 3.05) is 37.7 Å².